The number of rotatable bonds is 10. The summed E-state index contributed by atoms with van der Waals surface area (Å²) >= 11 is 9.10. The average Bonchev–Trinajstić information content (AvgIpc) is 3.43. The zero-order valence-electron chi connectivity index (χ0n) is 25.2. The number of carbonyl (C=O) groups is 4. The van der Waals surface area contributed by atoms with E-state index in [1.165, 1.54) is 36.3 Å². The van der Waals surface area contributed by atoms with Crippen LogP contribution in [0.4, 0.5) is 10.7 Å². The zero-order chi connectivity index (χ0) is 32.6. The van der Waals surface area contributed by atoms with Crippen molar-refractivity contribution in [3.8, 4) is 0 Å². The molecule has 1 heterocycles. The lowest BCUT2D eigenvalue weighted by molar-refractivity contribution is -0.115. The third-order valence-electron chi connectivity index (χ3n) is 7.31. The number of esters is 1. The van der Waals surface area contributed by atoms with Crippen LogP contribution in [0.5, 0.6) is 0 Å². The van der Waals surface area contributed by atoms with Crippen LogP contribution in [0.3, 0.4) is 0 Å². The largest absolute Gasteiger partial charge is 0.465 e. The van der Waals surface area contributed by atoms with Gasteiger partial charge in [0.15, 0.2) is 0 Å². The van der Waals surface area contributed by atoms with Crippen LogP contribution in [0.1, 0.15) is 56.5 Å². The molecule has 1 aromatic heterocycles. The molecule has 1 unspecified atom stereocenters. The van der Waals surface area contributed by atoms with Gasteiger partial charge in [-0.3, -0.25) is 14.4 Å². The average molecular weight is 674 g/mol. The molecule has 0 saturated heterocycles. The molecule has 3 N–H and O–H groups in total. The second-order valence-corrected chi connectivity index (χ2v) is 13.5. The van der Waals surface area contributed by atoms with E-state index in [1.54, 1.807) is 79.7 Å². The minimum atomic E-state index is -0.547. The molecule has 3 amide bonds. The van der Waals surface area contributed by atoms with Crippen LogP contribution in [0.15, 0.2) is 89.5 Å². The topological polar surface area (TPSA) is 114 Å². The molecule has 0 radical (unpaired) electrons. The predicted octanol–water partition coefficient (Wildman–Crippen LogP) is 7.60. The molecule has 46 heavy (non-hydrogen) atoms. The maximum atomic E-state index is 13.5. The van der Waals surface area contributed by atoms with E-state index in [0.717, 1.165) is 41.0 Å². The number of anilines is 2. The van der Waals surface area contributed by atoms with E-state index in [-0.39, 0.29) is 11.6 Å². The molecule has 0 bridgehead atoms. The fraction of sp³-hybridized carbons (Fsp3) is 0.200. The Balaban J connectivity index is 1.30. The molecule has 0 spiro atoms. The molecule has 5 rings (SSSR count). The molecule has 0 aliphatic heterocycles. The highest BCUT2D eigenvalue weighted by Gasteiger charge is 2.28. The Labute approximate surface area is 280 Å². The van der Waals surface area contributed by atoms with Crippen LogP contribution < -0.4 is 16.0 Å². The molecule has 8 nitrogen and oxygen atoms in total. The number of methoxy groups -OCH3 is 1. The first-order valence-electron chi connectivity index (χ1n) is 14.7. The Kier molecular flexibility index (Phi) is 11.0. The van der Waals surface area contributed by atoms with E-state index in [1.807, 2.05) is 6.07 Å². The first kappa shape index (κ1) is 33.0. The first-order valence-corrected chi connectivity index (χ1v) is 16.7. The van der Waals surface area contributed by atoms with Gasteiger partial charge in [0.05, 0.1) is 17.9 Å². The Morgan fingerprint density at radius 2 is 1.67 bits per heavy atom. The van der Waals surface area contributed by atoms with Crippen molar-refractivity contribution in [2.24, 2.45) is 0 Å². The van der Waals surface area contributed by atoms with Crippen LogP contribution in [0, 0.1) is 0 Å². The zero-order valence-corrected chi connectivity index (χ0v) is 27.6. The van der Waals surface area contributed by atoms with E-state index in [4.69, 9.17) is 16.3 Å². The summed E-state index contributed by atoms with van der Waals surface area (Å²) in [5.41, 5.74) is 2.87. The molecule has 4 aromatic rings. The van der Waals surface area contributed by atoms with Crippen molar-refractivity contribution in [3.63, 3.8) is 0 Å². The second-order valence-electron chi connectivity index (χ2n) is 10.5. The van der Waals surface area contributed by atoms with Crippen LogP contribution in [0.2, 0.25) is 5.02 Å². The van der Waals surface area contributed by atoms with Gasteiger partial charge in [-0.15, -0.1) is 23.1 Å². The number of nitrogens with one attached hydrogen (secondary N) is 3. The van der Waals surface area contributed by atoms with Crippen molar-refractivity contribution >= 4 is 75.2 Å². The van der Waals surface area contributed by atoms with E-state index in [2.05, 4.69) is 16.0 Å². The van der Waals surface area contributed by atoms with Gasteiger partial charge >= 0.3 is 5.97 Å². The Morgan fingerprint density at radius 3 is 2.43 bits per heavy atom. The quantitative estimate of drug-likeness (QED) is 0.0908. The molecule has 11 heteroatoms. The minimum Gasteiger partial charge on any atom is -0.465 e. The van der Waals surface area contributed by atoms with Gasteiger partial charge in [0.1, 0.15) is 10.7 Å². The van der Waals surface area contributed by atoms with E-state index >= 15 is 0 Å². The molecule has 1 atom stereocenters. The lowest BCUT2D eigenvalue weighted by Gasteiger charge is -2.14. The van der Waals surface area contributed by atoms with E-state index in [0.29, 0.717) is 32.4 Å². The summed E-state index contributed by atoms with van der Waals surface area (Å²) in [6.45, 7) is 1.78. The third-order valence-corrected chi connectivity index (χ3v) is 9.95. The number of fused-ring (bicyclic) bond motifs is 1. The molecular weight excluding hydrogens is 642 g/mol. The van der Waals surface area contributed by atoms with Gasteiger partial charge in [-0.05, 0) is 86.2 Å². The van der Waals surface area contributed by atoms with Crippen molar-refractivity contribution < 1.29 is 23.9 Å². The lowest BCUT2D eigenvalue weighted by atomic mass is 9.95. The van der Waals surface area contributed by atoms with Crippen LogP contribution in [0.25, 0.3) is 6.08 Å². The number of carbonyl (C=O) groups excluding carboxylic acids is 4. The van der Waals surface area contributed by atoms with Crippen molar-refractivity contribution in [2.45, 2.75) is 42.8 Å². The van der Waals surface area contributed by atoms with Gasteiger partial charge in [-0.2, -0.15) is 0 Å². The molecule has 0 fully saturated rings. The van der Waals surface area contributed by atoms with E-state index in [9.17, 15) is 19.2 Å². The number of thiophene rings is 1. The van der Waals surface area contributed by atoms with Gasteiger partial charge < -0.3 is 20.7 Å². The van der Waals surface area contributed by atoms with Crippen molar-refractivity contribution in [3.05, 3.63) is 117 Å². The fourth-order valence-corrected chi connectivity index (χ4v) is 7.38. The minimum absolute atomic E-state index is 0.00723. The number of ether oxygens (including phenoxy) is 1. The highest BCUT2D eigenvalue weighted by Crippen LogP contribution is 2.39. The number of aryl methyl sites for hydroxylation is 1. The Morgan fingerprint density at radius 1 is 0.935 bits per heavy atom. The van der Waals surface area contributed by atoms with Crippen molar-refractivity contribution in [1.29, 1.82) is 0 Å². The molecule has 236 valence electrons. The van der Waals surface area contributed by atoms with Crippen molar-refractivity contribution in [2.75, 3.05) is 17.7 Å². The molecule has 1 aliphatic carbocycles. The van der Waals surface area contributed by atoms with Crippen LogP contribution in [-0.4, -0.2) is 36.1 Å². The number of amides is 3. The standard InChI is InChI=1S/C35H32ClN3O5S2/c1-21(31(40)39-34-30(35(43)44-2)26-16-7-9-18-29(26)46-34)45-25-15-10-14-24(20-25)37-33(42)28(19-23-13-6-8-17-27(23)36)38-32(41)22-11-4-3-5-12-22/h3-6,8,10-15,17,19-21H,7,9,16,18H2,1-2H3,(H,37,42)(H,38,41)(H,39,40)/b28-19+. The maximum absolute atomic E-state index is 13.5. The normalized spacial score (nSPS) is 13.2. The number of hydrogen-bond donors (Lipinski definition) is 3. The highest BCUT2D eigenvalue weighted by atomic mass is 35.5. The highest BCUT2D eigenvalue weighted by molar-refractivity contribution is 8.00. The summed E-state index contributed by atoms with van der Waals surface area (Å²) in [7, 11) is 1.35. The predicted molar refractivity (Wildman–Crippen MR) is 185 cm³/mol. The summed E-state index contributed by atoms with van der Waals surface area (Å²) in [5, 5.41) is 8.94. The van der Waals surface area contributed by atoms with Gasteiger partial charge in [0, 0.05) is 26.0 Å². The van der Waals surface area contributed by atoms with Crippen LogP contribution >= 0.6 is 34.7 Å². The Hall–Kier alpha value is -4.38. The summed E-state index contributed by atoms with van der Waals surface area (Å²) in [5.74, 6) is -1.69. The number of benzene rings is 3. The third kappa shape index (κ3) is 8.06. The monoisotopic (exact) mass is 673 g/mol. The van der Waals surface area contributed by atoms with Crippen molar-refractivity contribution in [1.82, 2.24) is 5.32 Å². The number of thioether (sulfide) groups is 1. The second kappa shape index (κ2) is 15.3. The summed E-state index contributed by atoms with van der Waals surface area (Å²) in [6, 6.07) is 22.7. The number of halogens is 1. The first-order chi connectivity index (χ1) is 22.2. The van der Waals surface area contributed by atoms with E-state index < -0.39 is 23.0 Å². The maximum Gasteiger partial charge on any atom is 0.341 e. The smallest absolute Gasteiger partial charge is 0.341 e. The summed E-state index contributed by atoms with van der Waals surface area (Å²) in [6.07, 6.45) is 5.25. The summed E-state index contributed by atoms with van der Waals surface area (Å²) < 4.78 is 5.03. The fourth-order valence-electron chi connectivity index (χ4n) is 4.98. The lowest BCUT2D eigenvalue weighted by Crippen LogP contribution is -2.30. The number of hydrogen-bond acceptors (Lipinski definition) is 7. The van der Waals surface area contributed by atoms with Gasteiger partial charge in [-0.25, -0.2) is 4.79 Å². The molecule has 0 saturated carbocycles. The van der Waals surface area contributed by atoms with Gasteiger partial charge in [0.25, 0.3) is 11.8 Å². The van der Waals surface area contributed by atoms with Crippen LogP contribution in [-0.2, 0) is 27.2 Å². The van der Waals surface area contributed by atoms with Gasteiger partial charge in [-0.1, -0.05) is 54.1 Å². The Bertz CT molecular complexity index is 1800. The molecular formula is C35H32ClN3O5S2. The van der Waals surface area contributed by atoms with Gasteiger partial charge in [0.2, 0.25) is 5.91 Å². The SMILES string of the molecule is COC(=O)c1c(NC(=O)C(C)Sc2cccc(NC(=O)/C(=C\c3ccccc3Cl)NC(=O)c3ccccc3)c2)sc2c1CCCC2. The summed E-state index contributed by atoms with van der Waals surface area (Å²) in [4.78, 5) is 54.2. The molecule has 1 aliphatic rings. The molecule has 3 aromatic carbocycles.